The summed E-state index contributed by atoms with van der Waals surface area (Å²) in [5.41, 5.74) is -0.479. The van der Waals surface area contributed by atoms with Gasteiger partial charge in [-0.05, 0) is 26.3 Å². The van der Waals surface area contributed by atoms with Gasteiger partial charge in [-0.25, -0.2) is 4.98 Å². The molecule has 2 N–H and O–H groups in total. The number of nitrogens with one attached hydrogen (secondary N) is 1. The van der Waals surface area contributed by atoms with Crippen LogP contribution in [0.2, 0.25) is 0 Å². The number of hydrogen-bond donors (Lipinski definition) is 2. The van der Waals surface area contributed by atoms with Crippen molar-refractivity contribution < 1.29 is 9.90 Å². The van der Waals surface area contributed by atoms with E-state index < -0.39 is 5.60 Å². The van der Waals surface area contributed by atoms with Crippen LogP contribution in [0, 0.1) is 0 Å². The molecule has 24 heavy (non-hydrogen) atoms. The Hall–Kier alpha value is -2.48. The highest BCUT2D eigenvalue weighted by atomic mass is 16.3. The summed E-state index contributed by atoms with van der Waals surface area (Å²) in [4.78, 5) is 22.6. The maximum atomic E-state index is 12.4. The summed E-state index contributed by atoms with van der Waals surface area (Å²) in [6, 6.07) is 1.78. The van der Waals surface area contributed by atoms with Crippen LogP contribution in [0.15, 0.2) is 30.9 Å². The van der Waals surface area contributed by atoms with Crippen molar-refractivity contribution in [1.82, 2.24) is 25.1 Å². The van der Waals surface area contributed by atoms with Crippen molar-refractivity contribution in [3.63, 3.8) is 0 Å². The van der Waals surface area contributed by atoms with Gasteiger partial charge in [0.05, 0.1) is 6.20 Å². The highest BCUT2D eigenvalue weighted by Gasteiger charge is 2.37. The van der Waals surface area contributed by atoms with E-state index in [1.54, 1.807) is 35.5 Å². The largest absolute Gasteiger partial charge is 0.386 e. The third-order valence-electron chi connectivity index (χ3n) is 4.18. The van der Waals surface area contributed by atoms with Crippen molar-refractivity contribution >= 4 is 11.7 Å². The van der Waals surface area contributed by atoms with Crippen LogP contribution in [0.3, 0.4) is 0 Å². The zero-order chi connectivity index (χ0) is 17.2. The molecule has 0 bridgehead atoms. The molecule has 0 aliphatic carbocycles. The highest BCUT2D eigenvalue weighted by Crippen LogP contribution is 2.24. The molecule has 1 aliphatic heterocycles. The van der Waals surface area contributed by atoms with E-state index in [1.807, 2.05) is 18.7 Å². The van der Waals surface area contributed by atoms with Gasteiger partial charge in [0.2, 0.25) is 0 Å². The number of amides is 1. The van der Waals surface area contributed by atoms with Gasteiger partial charge < -0.3 is 15.3 Å². The fourth-order valence-electron chi connectivity index (χ4n) is 2.89. The first-order valence-electron chi connectivity index (χ1n) is 8.03. The van der Waals surface area contributed by atoms with Crippen LogP contribution in [-0.4, -0.2) is 56.0 Å². The summed E-state index contributed by atoms with van der Waals surface area (Å²) in [5.74, 6) is 0.505. The first-order valence-corrected chi connectivity index (χ1v) is 8.03. The monoisotopic (exact) mass is 330 g/mol. The van der Waals surface area contributed by atoms with Gasteiger partial charge in [-0.3, -0.25) is 14.5 Å². The zero-order valence-corrected chi connectivity index (χ0v) is 13.9. The summed E-state index contributed by atoms with van der Waals surface area (Å²) in [6.07, 6.45) is 7.08. The summed E-state index contributed by atoms with van der Waals surface area (Å²) < 4.78 is 1.67. The fourth-order valence-corrected chi connectivity index (χ4v) is 2.89. The molecule has 1 amide bonds. The van der Waals surface area contributed by atoms with E-state index in [0.717, 1.165) is 5.82 Å². The molecule has 1 saturated heterocycles. The molecule has 2 aromatic heterocycles. The Morgan fingerprint density at radius 2 is 2.25 bits per heavy atom. The average Bonchev–Trinajstić information content (AvgIpc) is 3.21. The summed E-state index contributed by atoms with van der Waals surface area (Å²) in [5, 5.41) is 17.7. The Kier molecular flexibility index (Phi) is 4.48. The molecule has 0 unspecified atom stereocenters. The van der Waals surface area contributed by atoms with Gasteiger partial charge in [0.1, 0.15) is 17.1 Å². The minimum Gasteiger partial charge on any atom is -0.386 e. The molecule has 3 rings (SSSR count). The second kappa shape index (κ2) is 6.56. The Balaban J connectivity index is 1.60. The SMILES string of the molecule is CC(C)n1nccc1C(=O)NC[C@]1(O)CCN(c2cnccn2)C1. The lowest BCUT2D eigenvalue weighted by atomic mass is 10.0. The van der Waals surface area contributed by atoms with Crippen LogP contribution in [0.5, 0.6) is 0 Å². The lowest BCUT2D eigenvalue weighted by Gasteiger charge is -2.24. The number of carbonyl (C=O) groups excluding carboxylic acids is 1. The third-order valence-corrected chi connectivity index (χ3v) is 4.18. The molecule has 8 nitrogen and oxygen atoms in total. The zero-order valence-electron chi connectivity index (χ0n) is 13.9. The van der Waals surface area contributed by atoms with E-state index in [-0.39, 0.29) is 18.5 Å². The van der Waals surface area contributed by atoms with E-state index in [1.165, 1.54) is 0 Å². The van der Waals surface area contributed by atoms with Gasteiger partial charge in [0.15, 0.2) is 0 Å². The molecule has 0 radical (unpaired) electrons. The predicted octanol–water partition coefficient (Wildman–Crippen LogP) is 0.625. The van der Waals surface area contributed by atoms with Crippen molar-refractivity contribution in [3.05, 3.63) is 36.5 Å². The Labute approximate surface area is 140 Å². The molecule has 128 valence electrons. The van der Waals surface area contributed by atoms with Crippen LogP contribution in [0.4, 0.5) is 5.82 Å². The summed E-state index contributed by atoms with van der Waals surface area (Å²) >= 11 is 0. The van der Waals surface area contributed by atoms with E-state index in [9.17, 15) is 9.90 Å². The fraction of sp³-hybridized carbons (Fsp3) is 0.500. The van der Waals surface area contributed by atoms with Gasteiger partial charge in [0.25, 0.3) is 5.91 Å². The lowest BCUT2D eigenvalue weighted by molar-refractivity contribution is 0.0571. The van der Waals surface area contributed by atoms with Crippen LogP contribution >= 0.6 is 0 Å². The maximum absolute atomic E-state index is 12.4. The summed E-state index contributed by atoms with van der Waals surface area (Å²) in [7, 11) is 0. The molecule has 1 aliphatic rings. The molecule has 8 heteroatoms. The third kappa shape index (κ3) is 3.38. The molecular formula is C16H22N6O2. The van der Waals surface area contributed by atoms with E-state index >= 15 is 0 Å². The van der Waals surface area contributed by atoms with Crippen molar-refractivity contribution in [2.75, 3.05) is 24.5 Å². The smallest absolute Gasteiger partial charge is 0.269 e. The van der Waals surface area contributed by atoms with Crippen LogP contribution in [0.25, 0.3) is 0 Å². The second-order valence-corrected chi connectivity index (χ2v) is 6.40. The van der Waals surface area contributed by atoms with E-state index in [4.69, 9.17) is 0 Å². The van der Waals surface area contributed by atoms with E-state index in [2.05, 4.69) is 20.4 Å². The highest BCUT2D eigenvalue weighted by molar-refractivity contribution is 5.92. The number of hydrogen-bond acceptors (Lipinski definition) is 6. The first kappa shape index (κ1) is 16.4. The number of nitrogens with zero attached hydrogens (tertiary/aromatic N) is 5. The standard InChI is InChI=1S/C16H22N6O2/c1-12(2)22-13(3-5-20-22)15(23)19-10-16(24)4-8-21(11-16)14-9-17-6-7-18-14/h3,5-7,9,12,24H,4,8,10-11H2,1-2H3,(H,19,23)/t16-/m1/s1. The molecule has 0 saturated carbocycles. The molecule has 2 aromatic rings. The number of carbonyl (C=O) groups is 1. The topological polar surface area (TPSA) is 96.2 Å². The van der Waals surface area contributed by atoms with Crippen LogP contribution < -0.4 is 10.2 Å². The number of rotatable bonds is 5. The summed E-state index contributed by atoms with van der Waals surface area (Å²) in [6.45, 7) is 5.20. The molecule has 1 fully saturated rings. The minimum atomic E-state index is -0.976. The van der Waals surface area contributed by atoms with Gasteiger partial charge in [-0.1, -0.05) is 0 Å². The first-order chi connectivity index (χ1) is 11.5. The van der Waals surface area contributed by atoms with Gasteiger partial charge >= 0.3 is 0 Å². The number of aromatic nitrogens is 4. The molecule has 3 heterocycles. The average molecular weight is 330 g/mol. The number of aliphatic hydroxyl groups is 1. The second-order valence-electron chi connectivity index (χ2n) is 6.40. The van der Waals surface area contributed by atoms with Crippen molar-refractivity contribution in [3.8, 4) is 0 Å². The maximum Gasteiger partial charge on any atom is 0.269 e. The van der Waals surface area contributed by atoms with Crippen molar-refractivity contribution in [1.29, 1.82) is 0 Å². The molecular weight excluding hydrogens is 308 g/mol. The van der Waals surface area contributed by atoms with Crippen LogP contribution in [-0.2, 0) is 0 Å². The molecule has 1 atom stereocenters. The molecule has 0 aromatic carbocycles. The Morgan fingerprint density at radius 3 is 2.96 bits per heavy atom. The van der Waals surface area contributed by atoms with E-state index in [0.29, 0.717) is 25.2 Å². The quantitative estimate of drug-likeness (QED) is 0.834. The van der Waals surface area contributed by atoms with Crippen molar-refractivity contribution in [2.45, 2.75) is 31.9 Å². The predicted molar refractivity (Wildman–Crippen MR) is 88.8 cm³/mol. The normalized spacial score (nSPS) is 20.6. The van der Waals surface area contributed by atoms with Crippen LogP contribution in [0.1, 0.15) is 36.8 Å². The number of β-amino-alcohol motifs (C(OH)–C–C–N with tert-alkyl or cyclic N) is 1. The Morgan fingerprint density at radius 1 is 1.42 bits per heavy atom. The number of anilines is 1. The molecule has 0 spiro atoms. The van der Waals surface area contributed by atoms with Gasteiger partial charge in [-0.15, -0.1) is 0 Å². The minimum absolute atomic E-state index is 0.0995. The lowest BCUT2D eigenvalue weighted by Crippen LogP contribution is -2.45. The van der Waals surface area contributed by atoms with Crippen molar-refractivity contribution in [2.24, 2.45) is 0 Å². The van der Waals surface area contributed by atoms with Gasteiger partial charge in [-0.2, -0.15) is 5.10 Å². The van der Waals surface area contributed by atoms with Gasteiger partial charge in [0, 0.05) is 44.3 Å². The Bertz CT molecular complexity index is 702.